The maximum Gasteiger partial charge on any atom is 0.0853 e. The van der Waals surface area contributed by atoms with Crippen molar-refractivity contribution in [1.82, 2.24) is 9.78 Å². The highest BCUT2D eigenvalue weighted by Crippen LogP contribution is 2.13. The van der Waals surface area contributed by atoms with Crippen LogP contribution in [0.5, 0.6) is 0 Å². The van der Waals surface area contributed by atoms with Gasteiger partial charge in [0.25, 0.3) is 0 Å². The van der Waals surface area contributed by atoms with Crippen molar-refractivity contribution < 1.29 is 5.11 Å². The summed E-state index contributed by atoms with van der Waals surface area (Å²) in [6.07, 6.45) is 2.51. The van der Waals surface area contributed by atoms with Crippen LogP contribution in [-0.2, 0) is 13.5 Å². The van der Waals surface area contributed by atoms with Gasteiger partial charge in [-0.3, -0.25) is 4.68 Å². The van der Waals surface area contributed by atoms with Crippen LogP contribution in [0.1, 0.15) is 19.5 Å². The Morgan fingerprint density at radius 3 is 2.92 bits per heavy atom. The zero-order valence-corrected chi connectivity index (χ0v) is 8.41. The lowest BCUT2D eigenvalue weighted by atomic mass is 10.3. The molecule has 0 amide bonds. The summed E-state index contributed by atoms with van der Waals surface area (Å²) in [6, 6.07) is 0. The number of hydrogen-bond acceptors (Lipinski definition) is 3. The van der Waals surface area contributed by atoms with Crippen LogP contribution in [0.25, 0.3) is 0 Å². The van der Waals surface area contributed by atoms with Crippen LogP contribution in [0, 0.1) is 0 Å². The summed E-state index contributed by atoms with van der Waals surface area (Å²) in [5.41, 5.74) is 2.06. The molecule has 0 aliphatic rings. The number of hydrogen-bond donors (Lipinski definition) is 2. The van der Waals surface area contributed by atoms with Gasteiger partial charge in [0.15, 0.2) is 0 Å². The number of nitrogens with zero attached hydrogens (tertiary/aromatic N) is 2. The fourth-order valence-electron chi connectivity index (χ4n) is 1.20. The number of aryl methyl sites for hydroxylation is 2. The lowest BCUT2D eigenvalue weighted by molar-refractivity contribution is 0.208. The van der Waals surface area contributed by atoms with Gasteiger partial charge in [-0.15, -0.1) is 0 Å². The first kappa shape index (κ1) is 10.1. The molecule has 0 saturated carbocycles. The van der Waals surface area contributed by atoms with Crippen LogP contribution in [-0.4, -0.2) is 27.5 Å². The number of anilines is 1. The van der Waals surface area contributed by atoms with Gasteiger partial charge in [0.2, 0.25) is 0 Å². The van der Waals surface area contributed by atoms with E-state index in [9.17, 15) is 0 Å². The summed E-state index contributed by atoms with van der Waals surface area (Å²) in [5.74, 6) is 0. The standard InChI is InChI=1S/C9H17N3O/c1-4-8-9(6-12(3)11-8)10-5-7(2)13/h6-7,10,13H,4-5H2,1-3H3/t7-/m0/s1. The van der Waals surface area contributed by atoms with Crippen molar-refractivity contribution in [2.75, 3.05) is 11.9 Å². The highest BCUT2D eigenvalue weighted by atomic mass is 16.3. The van der Waals surface area contributed by atoms with E-state index in [0.29, 0.717) is 6.54 Å². The van der Waals surface area contributed by atoms with E-state index in [1.807, 2.05) is 13.2 Å². The fourth-order valence-corrected chi connectivity index (χ4v) is 1.20. The molecule has 2 N–H and O–H groups in total. The lowest BCUT2D eigenvalue weighted by Crippen LogP contribution is -2.15. The van der Waals surface area contributed by atoms with E-state index in [0.717, 1.165) is 17.8 Å². The average Bonchev–Trinajstić information content (AvgIpc) is 2.42. The van der Waals surface area contributed by atoms with E-state index in [1.165, 1.54) is 0 Å². The van der Waals surface area contributed by atoms with Crippen LogP contribution in [0.2, 0.25) is 0 Å². The first-order valence-electron chi connectivity index (χ1n) is 4.58. The van der Waals surface area contributed by atoms with Gasteiger partial charge in [0.1, 0.15) is 0 Å². The van der Waals surface area contributed by atoms with Crippen molar-refractivity contribution >= 4 is 5.69 Å². The van der Waals surface area contributed by atoms with Crippen LogP contribution in [0.4, 0.5) is 5.69 Å². The van der Waals surface area contributed by atoms with Gasteiger partial charge in [-0.2, -0.15) is 5.10 Å². The molecule has 1 heterocycles. The molecule has 4 nitrogen and oxygen atoms in total. The molecule has 74 valence electrons. The Morgan fingerprint density at radius 2 is 2.38 bits per heavy atom. The minimum Gasteiger partial charge on any atom is -0.392 e. The van der Waals surface area contributed by atoms with E-state index >= 15 is 0 Å². The van der Waals surface area contributed by atoms with Crippen molar-refractivity contribution in [3.05, 3.63) is 11.9 Å². The minimum absolute atomic E-state index is 0.329. The van der Waals surface area contributed by atoms with Gasteiger partial charge < -0.3 is 10.4 Å². The molecule has 0 fully saturated rings. The van der Waals surface area contributed by atoms with E-state index in [2.05, 4.69) is 17.3 Å². The average molecular weight is 183 g/mol. The van der Waals surface area contributed by atoms with Crippen LogP contribution >= 0.6 is 0 Å². The van der Waals surface area contributed by atoms with Crippen molar-refractivity contribution in [2.24, 2.45) is 7.05 Å². The zero-order valence-electron chi connectivity index (χ0n) is 8.41. The summed E-state index contributed by atoms with van der Waals surface area (Å²) in [4.78, 5) is 0. The SMILES string of the molecule is CCc1nn(C)cc1NC[C@H](C)O. The molecule has 13 heavy (non-hydrogen) atoms. The topological polar surface area (TPSA) is 50.1 Å². The Bertz CT molecular complexity index is 268. The molecule has 1 aromatic rings. The van der Waals surface area contributed by atoms with Crippen LogP contribution < -0.4 is 5.32 Å². The van der Waals surface area contributed by atoms with Crippen molar-refractivity contribution in [3.8, 4) is 0 Å². The Labute approximate surface area is 78.6 Å². The third kappa shape index (κ3) is 2.73. The van der Waals surface area contributed by atoms with Gasteiger partial charge in [0.05, 0.1) is 17.5 Å². The molecule has 0 saturated heterocycles. The van der Waals surface area contributed by atoms with Crippen molar-refractivity contribution in [1.29, 1.82) is 0 Å². The predicted molar refractivity (Wildman–Crippen MR) is 52.8 cm³/mol. The largest absolute Gasteiger partial charge is 0.392 e. The summed E-state index contributed by atoms with van der Waals surface area (Å²) >= 11 is 0. The molecule has 1 rings (SSSR count). The maximum atomic E-state index is 9.09. The molecule has 0 radical (unpaired) electrons. The molecule has 0 unspecified atom stereocenters. The third-order valence-electron chi connectivity index (χ3n) is 1.83. The molecule has 1 atom stereocenters. The van der Waals surface area contributed by atoms with Gasteiger partial charge in [-0.25, -0.2) is 0 Å². The summed E-state index contributed by atoms with van der Waals surface area (Å²) < 4.78 is 1.78. The Morgan fingerprint density at radius 1 is 1.69 bits per heavy atom. The first-order valence-corrected chi connectivity index (χ1v) is 4.58. The summed E-state index contributed by atoms with van der Waals surface area (Å²) in [6.45, 7) is 4.39. The second kappa shape index (κ2) is 4.28. The molecule has 0 aliphatic heterocycles. The summed E-state index contributed by atoms with van der Waals surface area (Å²) in [7, 11) is 1.90. The molecule has 0 bridgehead atoms. The molecular formula is C9H17N3O. The molecular weight excluding hydrogens is 166 g/mol. The lowest BCUT2D eigenvalue weighted by Gasteiger charge is -2.06. The molecule has 0 aliphatic carbocycles. The normalized spacial score (nSPS) is 12.9. The second-order valence-corrected chi connectivity index (χ2v) is 3.25. The predicted octanol–water partition coefficient (Wildman–Crippen LogP) is 0.775. The zero-order chi connectivity index (χ0) is 9.84. The number of nitrogens with one attached hydrogen (secondary N) is 1. The fraction of sp³-hybridized carbons (Fsp3) is 0.667. The van der Waals surface area contributed by atoms with Gasteiger partial charge in [-0.05, 0) is 13.3 Å². The smallest absolute Gasteiger partial charge is 0.0853 e. The Kier molecular flexibility index (Phi) is 3.31. The van der Waals surface area contributed by atoms with E-state index in [-0.39, 0.29) is 6.10 Å². The number of aliphatic hydroxyl groups excluding tert-OH is 1. The molecule has 0 spiro atoms. The Hall–Kier alpha value is -1.03. The third-order valence-corrected chi connectivity index (χ3v) is 1.83. The number of aliphatic hydroxyl groups is 1. The van der Waals surface area contributed by atoms with Crippen LogP contribution in [0.3, 0.4) is 0 Å². The minimum atomic E-state index is -0.329. The quantitative estimate of drug-likeness (QED) is 0.725. The molecule has 1 aromatic heterocycles. The van der Waals surface area contributed by atoms with E-state index < -0.39 is 0 Å². The van der Waals surface area contributed by atoms with Gasteiger partial charge in [-0.1, -0.05) is 6.92 Å². The van der Waals surface area contributed by atoms with Crippen molar-refractivity contribution in [2.45, 2.75) is 26.4 Å². The number of rotatable bonds is 4. The van der Waals surface area contributed by atoms with Crippen molar-refractivity contribution in [3.63, 3.8) is 0 Å². The molecule has 0 aromatic carbocycles. The first-order chi connectivity index (χ1) is 6.13. The summed E-state index contributed by atoms with van der Waals surface area (Å²) in [5, 5.41) is 16.5. The monoisotopic (exact) mass is 183 g/mol. The van der Waals surface area contributed by atoms with E-state index in [1.54, 1.807) is 11.6 Å². The molecule has 4 heteroatoms. The van der Waals surface area contributed by atoms with Gasteiger partial charge in [0, 0.05) is 19.8 Å². The van der Waals surface area contributed by atoms with Crippen LogP contribution in [0.15, 0.2) is 6.20 Å². The van der Waals surface area contributed by atoms with Gasteiger partial charge >= 0.3 is 0 Å². The second-order valence-electron chi connectivity index (χ2n) is 3.25. The highest BCUT2D eigenvalue weighted by Gasteiger charge is 2.05. The Balaban J connectivity index is 2.64. The van der Waals surface area contributed by atoms with E-state index in [4.69, 9.17) is 5.11 Å². The highest BCUT2D eigenvalue weighted by molar-refractivity contribution is 5.46. The number of aromatic nitrogens is 2. The maximum absolute atomic E-state index is 9.09.